The zero-order valence-corrected chi connectivity index (χ0v) is 19.8. The van der Waals surface area contributed by atoms with Crippen molar-refractivity contribution < 1.29 is 19.1 Å². The molecule has 9 nitrogen and oxygen atoms in total. The van der Waals surface area contributed by atoms with Crippen LogP contribution in [0.1, 0.15) is 62.9 Å². The Morgan fingerprint density at radius 1 is 1.06 bits per heavy atom. The number of ether oxygens (including phenoxy) is 1. The van der Waals surface area contributed by atoms with E-state index in [0.29, 0.717) is 23.6 Å². The number of nitrogens with zero attached hydrogens (tertiary/aromatic N) is 3. The number of anilines is 2. The molecule has 1 aliphatic heterocycles. The number of aryl methyl sites for hydroxylation is 2. The molecule has 0 unspecified atom stereocenters. The van der Waals surface area contributed by atoms with E-state index < -0.39 is 23.5 Å². The van der Waals surface area contributed by atoms with Gasteiger partial charge in [-0.15, -0.1) is 0 Å². The number of likely N-dealkylation sites (tertiary alicyclic amines) is 1. The van der Waals surface area contributed by atoms with Gasteiger partial charge in [-0.3, -0.25) is 19.9 Å². The largest absolute Gasteiger partial charge is 0.444 e. The van der Waals surface area contributed by atoms with Gasteiger partial charge in [-0.2, -0.15) is 0 Å². The predicted molar refractivity (Wildman–Crippen MR) is 125 cm³/mol. The van der Waals surface area contributed by atoms with Gasteiger partial charge in [0.2, 0.25) is 0 Å². The number of carbonyl (C=O) groups is 3. The van der Waals surface area contributed by atoms with Crippen molar-refractivity contribution >= 4 is 29.4 Å². The summed E-state index contributed by atoms with van der Waals surface area (Å²) >= 11 is 0. The zero-order chi connectivity index (χ0) is 24.2. The predicted octanol–water partition coefficient (Wildman–Crippen LogP) is 4.13. The van der Waals surface area contributed by atoms with Gasteiger partial charge in [0, 0.05) is 12.7 Å². The third-order valence-corrected chi connectivity index (χ3v) is 5.19. The normalized spacial score (nSPS) is 16.2. The maximum atomic E-state index is 13.0. The molecular weight excluding hydrogens is 422 g/mol. The van der Waals surface area contributed by atoms with Crippen molar-refractivity contribution in [3.8, 4) is 0 Å². The second-order valence-electron chi connectivity index (χ2n) is 9.24. The summed E-state index contributed by atoms with van der Waals surface area (Å²) in [5, 5.41) is 5.21. The van der Waals surface area contributed by atoms with E-state index in [4.69, 9.17) is 4.74 Å². The van der Waals surface area contributed by atoms with Gasteiger partial charge in [0.1, 0.15) is 11.4 Å². The Morgan fingerprint density at radius 2 is 1.82 bits per heavy atom. The molecule has 2 aromatic rings. The molecule has 0 aliphatic carbocycles. The summed E-state index contributed by atoms with van der Waals surface area (Å²) in [6.45, 7) is 9.50. The molecule has 1 aliphatic rings. The van der Waals surface area contributed by atoms with E-state index >= 15 is 0 Å². The molecule has 9 heteroatoms. The fraction of sp³-hybridized carbons (Fsp3) is 0.458. The molecule has 0 radical (unpaired) electrons. The molecule has 176 valence electrons. The second kappa shape index (κ2) is 9.97. The van der Waals surface area contributed by atoms with Crippen LogP contribution >= 0.6 is 0 Å². The second-order valence-corrected chi connectivity index (χ2v) is 9.24. The van der Waals surface area contributed by atoms with E-state index in [1.165, 1.54) is 6.20 Å². The molecule has 1 atom stereocenters. The first-order valence-corrected chi connectivity index (χ1v) is 11.0. The van der Waals surface area contributed by atoms with Gasteiger partial charge in [0.05, 0.1) is 23.6 Å². The highest BCUT2D eigenvalue weighted by Crippen LogP contribution is 2.30. The Kier molecular flexibility index (Phi) is 7.30. The van der Waals surface area contributed by atoms with Crippen LogP contribution in [-0.4, -0.2) is 44.9 Å². The van der Waals surface area contributed by atoms with Crippen molar-refractivity contribution in [2.45, 2.75) is 65.5 Å². The van der Waals surface area contributed by atoms with Crippen molar-refractivity contribution in [3.63, 3.8) is 0 Å². The van der Waals surface area contributed by atoms with Crippen LogP contribution in [0.2, 0.25) is 0 Å². The lowest BCUT2D eigenvalue weighted by molar-refractivity contribution is -0.146. The molecule has 0 aromatic carbocycles. The highest BCUT2D eigenvalue weighted by molar-refractivity contribution is 6.39. The molecule has 0 saturated carbocycles. The van der Waals surface area contributed by atoms with Gasteiger partial charge in [0.25, 0.3) is 0 Å². The quantitative estimate of drug-likeness (QED) is 0.676. The van der Waals surface area contributed by atoms with Crippen LogP contribution in [0.25, 0.3) is 0 Å². The average molecular weight is 454 g/mol. The van der Waals surface area contributed by atoms with E-state index in [9.17, 15) is 14.4 Å². The highest BCUT2D eigenvalue weighted by Gasteiger charge is 2.32. The van der Waals surface area contributed by atoms with Crippen molar-refractivity contribution in [1.29, 1.82) is 0 Å². The first-order valence-electron chi connectivity index (χ1n) is 11.0. The number of rotatable bonds is 3. The zero-order valence-electron chi connectivity index (χ0n) is 19.8. The number of carbonyl (C=O) groups excluding carboxylic acids is 3. The Labute approximate surface area is 193 Å². The maximum Gasteiger partial charge on any atom is 0.413 e. The molecular formula is C24H31N5O4. The number of nitrogens with one attached hydrogen (secondary N) is 2. The number of pyridine rings is 2. The van der Waals surface area contributed by atoms with Crippen molar-refractivity contribution in [2.24, 2.45) is 0 Å². The van der Waals surface area contributed by atoms with Crippen LogP contribution in [-0.2, 0) is 14.3 Å². The maximum absolute atomic E-state index is 13.0. The summed E-state index contributed by atoms with van der Waals surface area (Å²) in [6, 6.07) is 5.28. The van der Waals surface area contributed by atoms with Gasteiger partial charge >= 0.3 is 17.9 Å². The summed E-state index contributed by atoms with van der Waals surface area (Å²) in [5.41, 5.74) is 2.18. The third-order valence-electron chi connectivity index (χ3n) is 5.19. The van der Waals surface area contributed by atoms with Crippen LogP contribution in [0.15, 0.2) is 30.6 Å². The van der Waals surface area contributed by atoms with Crippen LogP contribution in [0.4, 0.5) is 16.3 Å². The molecule has 2 N–H and O–H groups in total. The van der Waals surface area contributed by atoms with Gasteiger partial charge in [0.15, 0.2) is 0 Å². The lowest BCUT2D eigenvalue weighted by Crippen LogP contribution is -2.44. The minimum Gasteiger partial charge on any atom is -0.444 e. The Balaban J connectivity index is 1.67. The van der Waals surface area contributed by atoms with Gasteiger partial charge in [-0.05, 0) is 77.1 Å². The Hall–Kier alpha value is -3.49. The van der Waals surface area contributed by atoms with E-state index in [-0.39, 0.29) is 6.04 Å². The van der Waals surface area contributed by atoms with Gasteiger partial charge in [-0.1, -0.05) is 6.07 Å². The fourth-order valence-corrected chi connectivity index (χ4v) is 3.65. The van der Waals surface area contributed by atoms with Crippen LogP contribution < -0.4 is 10.6 Å². The molecule has 33 heavy (non-hydrogen) atoms. The minimum absolute atomic E-state index is 0.224. The average Bonchev–Trinajstić information content (AvgIpc) is 2.74. The highest BCUT2D eigenvalue weighted by atomic mass is 16.6. The third kappa shape index (κ3) is 6.50. The number of amides is 3. The number of aromatic nitrogens is 2. The first-order chi connectivity index (χ1) is 15.5. The first kappa shape index (κ1) is 24.2. The van der Waals surface area contributed by atoms with Crippen molar-refractivity contribution in [3.05, 3.63) is 47.4 Å². The summed E-state index contributed by atoms with van der Waals surface area (Å²) in [7, 11) is 0. The van der Waals surface area contributed by atoms with E-state index in [1.807, 2.05) is 19.1 Å². The van der Waals surface area contributed by atoms with Crippen LogP contribution in [0, 0.1) is 13.8 Å². The number of piperidine rings is 1. The van der Waals surface area contributed by atoms with Crippen molar-refractivity contribution in [1.82, 2.24) is 14.9 Å². The molecule has 1 fully saturated rings. The lowest BCUT2D eigenvalue weighted by atomic mass is 9.98. The van der Waals surface area contributed by atoms with Gasteiger partial charge < -0.3 is 15.0 Å². The molecule has 3 heterocycles. The molecule has 2 aromatic heterocycles. The Bertz CT molecular complexity index is 1030. The summed E-state index contributed by atoms with van der Waals surface area (Å²) in [4.78, 5) is 47.9. The smallest absolute Gasteiger partial charge is 0.413 e. The molecule has 0 spiro atoms. The van der Waals surface area contributed by atoms with Crippen molar-refractivity contribution in [2.75, 3.05) is 17.2 Å². The number of hydrogen-bond donors (Lipinski definition) is 2. The monoisotopic (exact) mass is 453 g/mol. The fourth-order valence-electron chi connectivity index (χ4n) is 3.65. The molecule has 0 bridgehead atoms. The summed E-state index contributed by atoms with van der Waals surface area (Å²) in [5.74, 6) is -1.02. The van der Waals surface area contributed by atoms with E-state index in [0.717, 1.165) is 30.5 Å². The van der Waals surface area contributed by atoms with E-state index in [2.05, 4.69) is 20.6 Å². The standard InChI is InChI=1S/C24H31N5O4/c1-15-9-10-18(25-13-15)19-8-6-7-11-29(19)22(31)21(30)27-17-12-16(2)20(26-14-17)28-23(32)33-24(3,4)5/h9-10,12-14,19H,6-8,11H2,1-5H3,(H,27,30)(H,26,28,32)/t19-/m1/s1. The topological polar surface area (TPSA) is 114 Å². The minimum atomic E-state index is -0.733. The molecule has 3 amide bonds. The lowest BCUT2D eigenvalue weighted by Gasteiger charge is -2.34. The van der Waals surface area contributed by atoms with Crippen LogP contribution in [0.3, 0.4) is 0 Å². The van der Waals surface area contributed by atoms with Gasteiger partial charge in [-0.25, -0.2) is 9.78 Å². The van der Waals surface area contributed by atoms with E-state index in [1.54, 1.807) is 44.9 Å². The Morgan fingerprint density at radius 3 is 2.45 bits per heavy atom. The number of hydrogen-bond acceptors (Lipinski definition) is 6. The molecule has 3 rings (SSSR count). The van der Waals surface area contributed by atoms with Crippen LogP contribution in [0.5, 0.6) is 0 Å². The summed E-state index contributed by atoms with van der Waals surface area (Å²) in [6.07, 6.45) is 5.12. The summed E-state index contributed by atoms with van der Waals surface area (Å²) < 4.78 is 5.23. The SMILES string of the molecule is Cc1ccc([C@H]2CCCCN2C(=O)C(=O)Nc2cnc(NC(=O)OC(C)(C)C)c(C)c2)nc1. The molecule has 1 saturated heterocycles.